The molecule has 0 fully saturated rings. The molecule has 0 atom stereocenters. The lowest BCUT2D eigenvalue weighted by molar-refractivity contribution is 0.824. The zero-order valence-corrected chi connectivity index (χ0v) is 10.8. The molecule has 3 rings (SSSR count). The molecule has 2 aromatic heterocycles. The Morgan fingerprint density at radius 2 is 2.00 bits per heavy atom. The van der Waals surface area contributed by atoms with Crippen LogP contribution in [0.5, 0.6) is 0 Å². The largest absolute Gasteiger partial charge is 0.343 e. The lowest BCUT2D eigenvalue weighted by Crippen LogP contribution is -2.08. The Balaban J connectivity index is 2.11. The molecule has 0 aliphatic heterocycles. The highest BCUT2D eigenvalue weighted by atomic mass is 35.5. The van der Waals surface area contributed by atoms with Gasteiger partial charge in [-0.3, -0.25) is 4.79 Å². The predicted octanol–water partition coefficient (Wildman–Crippen LogP) is 3.10. The van der Waals surface area contributed by atoms with Crippen LogP contribution in [0.2, 0.25) is 5.15 Å². The van der Waals surface area contributed by atoms with Gasteiger partial charge in [0.25, 0.3) is 0 Å². The molecular formula is C15H11ClN2O. The van der Waals surface area contributed by atoms with Crippen LogP contribution in [0.3, 0.4) is 0 Å². The summed E-state index contributed by atoms with van der Waals surface area (Å²) in [4.78, 5) is 15.8. The number of nitrogens with zero attached hydrogens (tertiary/aromatic N) is 2. The molecule has 3 aromatic rings. The van der Waals surface area contributed by atoms with Crippen LogP contribution in [0.4, 0.5) is 0 Å². The third-order valence-electron chi connectivity index (χ3n) is 3.03. The summed E-state index contributed by atoms with van der Waals surface area (Å²) in [6.07, 6.45) is 3.49. The minimum absolute atomic E-state index is 0.0413. The molecule has 0 unspecified atom stereocenters. The van der Waals surface area contributed by atoms with Crippen LogP contribution in [0.1, 0.15) is 5.56 Å². The average molecular weight is 271 g/mol. The predicted molar refractivity (Wildman–Crippen MR) is 76.6 cm³/mol. The first-order chi connectivity index (χ1) is 9.24. The summed E-state index contributed by atoms with van der Waals surface area (Å²) in [5, 5.41) is 1.20. The number of halogens is 1. The fourth-order valence-corrected chi connectivity index (χ4v) is 2.33. The monoisotopic (exact) mass is 270 g/mol. The van der Waals surface area contributed by atoms with Crippen molar-refractivity contribution in [3.05, 3.63) is 75.8 Å². The summed E-state index contributed by atoms with van der Waals surface area (Å²) in [7, 11) is 0. The molecule has 94 valence electrons. The number of pyridine rings is 2. The van der Waals surface area contributed by atoms with Gasteiger partial charge in [-0.2, -0.15) is 0 Å². The summed E-state index contributed by atoms with van der Waals surface area (Å²) in [5.74, 6) is 0. The van der Waals surface area contributed by atoms with Crippen molar-refractivity contribution in [3.63, 3.8) is 0 Å². The van der Waals surface area contributed by atoms with Gasteiger partial charge in [-0.05, 0) is 29.8 Å². The highest BCUT2D eigenvalue weighted by Crippen LogP contribution is 2.13. The van der Waals surface area contributed by atoms with Crippen LogP contribution in [0.15, 0.2) is 59.7 Å². The molecule has 0 bridgehead atoms. The molecule has 0 spiro atoms. The summed E-state index contributed by atoms with van der Waals surface area (Å²) in [6, 6.07) is 12.9. The average Bonchev–Trinajstić information content (AvgIpc) is 2.42. The second-order valence-corrected chi connectivity index (χ2v) is 4.70. The number of para-hydroxylation sites is 1. The van der Waals surface area contributed by atoms with E-state index in [1.54, 1.807) is 18.5 Å². The van der Waals surface area contributed by atoms with Gasteiger partial charge in [0.05, 0.1) is 5.52 Å². The van der Waals surface area contributed by atoms with E-state index in [0.717, 1.165) is 16.5 Å². The Bertz CT molecular complexity index is 795. The molecule has 3 nitrogen and oxygen atoms in total. The van der Waals surface area contributed by atoms with Crippen molar-refractivity contribution in [3.8, 4) is 0 Å². The minimum atomic E-state index is 0.0413. The second kappa shape index (κ2) is 4.86. The number of hydrogen-bond donors (Lipinski definition) is 0. The molecule has 0 aliphatic carbocycles. The highest BCUT2D eigenvalue weighted by Gasteiger charge is 2.03. The van der Waals surface area contributed by atoms with Crippen LogP contribution in [0.25, 0.3) is 10.9 Å². The Labute approximate surface area is 115 Å². The van der Waals surface area contributed by atoms with Crippen molar-refractivity contribution < 1.29 is 0 Å². The summed E-state index contributed by atoms with van der Waals surface area (Å²) >= 11 is 5.88. The molecule has 0 N–H and O–H groups in total. The fourth-order valence-electron chi connectivity index (χ4n) is 2.14. The van der Waals surface area contributed by atoms with Crippen molar-refractivity contribution in [2.45, 2.75) is 6.54 Å². The standard InChI is InChI=1S/C15H11ClN2O/c16-15-9-11(5-7-17-15)10-18-8-6-14(19)12-3-1-2-4-13(12)18/h1-9H,10H2. The van der Waals surface area contributed by atoms with E-state index < -0.39 is 0 Å². The number of benzene rings is 1. The Morgan fingerprint density at radius 1 is 1.16 bits per heavy atom. The maximum absolute atomic E-state index is 11.8. The van der Waals surface area contributed by atoms with Crippen molar-refractivity contribution in [1.29, 1.82) is 0 Å². The molecular weight excluding hydrogens is 260 g/mol. The normalized spacial score (nSPS) is 10.8. The van der Waals surface area contributed by atoms with Crippen molar-refractivity contribution in [2.24, 2.45) is 0 Å². The van der Waals surface area contributed by atoms with E-state index >= 15 is 0 Å². The van der Waals surface area contributed by atoms with Crippen LogP contribution in [-0.2, 0) is 6.54 Å². The highest BCUT2D eigenvalue weighted by molar-refractivity contribution is 6.29. The van der Waals surface area contributed by atoms with Gasteiger partial charge >= 0.3 is 0 Å². The van der Waals surface area contributed by atoms with Crippen LogP contribution in [-0.4, -0.2) is 9.55 Å². The van der Waals surface area contributed by atoms with Gasteiger partial charge in [-0.15, -0.1) is 0 Å². The number of hydrogen-bond acceptors (Lipinski definition) is 2. The van der Waals surface area contributed by atoms with Gasteiger partial charge in [0.2, 0.25) is 0 Å². The summed E-state index contributed by atoms with van der Waals surface area (Å²) in [5.41, 5.74) is 2.01. The van der Waals surface area contributed by atoms with Gasteiger partial charge in [0.15, 0.2) is 5.43 Å². The van der Waals surface area contributed by atoms with Crippen LogP contribution < -0.4 is 5.43 Å². The quantitative estimate of drug-likeness (QED) is 0.671. The molecule has 4 heteroatoms. The van der Waals surface area contributed by atoms with E-state index in [9.17, 15) is 4.79 Å². The maximum Gasteiger partial charge on any atom is 0.189 e. The number of aromatic nitrogens is 2. The molecule has 0 aliphatic rings. The Hall–Kier alpha value is -2.13. The van der Waals surface area contributed by atoms with Gasteiger partial charge in [-0.1, -0.05) is 23.7 Å². The third-order valence-corrected chi connectivity index (χ3v) is 3.24. The second-order valence-electron chi connectivity index (χ2n) is 4.31. The topological polar surface area (TPSA) is 34.9 Å². The molecule has 0 radical (unpaired) electrons. The molecule has 2 heterocycles. The van der Waals surface area contributed by atoms with Crippen molar-refractivity contribution in [2.75, 3.05) is 0 Å². The first-order valence-corrected chi connectivity index (χ1v) is 6.30. The zero-order chi connectivity index (χ0) is 13.2. The van der Waals surface area contributed by atoms with E-state index in [0.29, 0.717) is 11.7 Å². The minimum Gasteiger partial charge on any atom is -0.343 e. The lowest BCUT2D eigenvalue weighted by atomic mass is 10.2. The first-order valence-electron chi connectivity index (χ1n) is 5.93. The maximum atomic E-state index is 11.8. The van der Waals surface area contributed by atoms with E-state index in [1.165, 1.54) is 0 Å². The molecule has 0 saturated carbocycles. The zero-order valence-electron chi connectivity index (χ0n) is 10.1. The van der Waals surface area contributed by atoms with Crippen LogP contribution >= 0.6 is 11.6 Å². The third kappa shape index (κ3) is 2.37. The first kappa shape index (κ1) is 11.9. The SMILES string of the molecule is O=c1ccn(Cc2ccnc(Cl)c2)c2ccccc12. The van der Waals surface area contributed by atoms with Gasteiger partial charge in [-0.25, -0.2) is 4.98 Å². The van der Waals surface area contributed by atoms with E-state index in [-0.39, 0.29) is 5.43 Å². The summed E-state index contributed by atoms with van der Waals surface area (Å²) < 4.78 is 2.03. The fraction of sp³-hybridized carbons (Fsp3) is 0.0667. The van der Waals surface area contributed by atoms with Crippen LogP contribution in [0, 0.1) is 0 Å². The molecule has 19 heavy (non-hydrogen) atoms. The number of fused-ring (bicyclic) bond motifs is 1. The summed E-state index contributed by atoms with van der Waals surface area (Å²) in [6.45, 7) is 0.656. The molecule has 0 saturated heterocycles. The van der Waals surface area contributed by atoms with Gasteiger partial charge in [0.1, 0.15) is 5.15 Å². The Kier molecular flexibility index (Phi) is 3.05. The van der Waals surface area contributed by atoms with Crippen molar-refractivity contribution >= 4 is 22.5 Å². The molecule has 1 aromatic carbocycles. The van der Waals surface area contributed by atoms with E-state index in [1.807, 2.05) is 41.0 Å². The van der Waals surface area contributed by atoms with Gasteiger partial charge < -0.3 is 4.57 Å². The number of rotatable bonds is 2. The Morgan fingerprint density at radius 3 is 2.84 bits per heavy atom. The lowest BCUT2D eigenvalue weighted by Gasteiger charge is -2.10. The van der Waals surface area contributed by atoms with E-state index in [2.05, 4.69) is 4.98 Å². The van der Waals surface area contributed by atoms with Crippen molar-refractivity contribution in [1.82, 2.24) is 9.55 Å². The van der Waals surface area contributed by atoms with Gasteiger partial charge in [0, 0.05) is 30.4 Å². The van der Waals surface area contributed by atoms with E-state index in [4.69, 9.17) is 11.6 Å². The molecule has 0 amide bonds. The smallest absolute Gasteiger partial charge is 0.189 e.